The molecule has 2 aromatic rings. The Morgan fingerprint density at radius 2 is 1.85 bits per heavy atom. The third kappa shape index (κ3) is 2.99. The van der Waals surface area contributed by atoms with Crippen LogP contribution in [0.25, 0.3) is 11.1 Å². The summed E-state index contributed by atoms with van der Waals surface area (Å²) >= 11 is 0. The number of carbonyl (C=O) groups excluding carboxylic acids is 1. The molecule has 0 saturated carbocycles. The second-order valence-corrected chi connectivity index (χ2v) is 4.59. The molecule has 0 fully saturated rings. The zero-order valence-corrected chi connectivity index (χ0v) is 12.0. The highest BCUT2D eigenvalue weighted by Gasteiger charge is 2.13. The summed E-state index contributed by atoms with van der Waals surface area (Å²) in [5.41, 5.74) is 4.16. The number of benzene rings is 2. The molecule has 2 aromatic carbocycles. The average molecular weight is 270 g/mol. The standard InChI is InChI=1S/C17H18O3/c1-12-7-4-5-9-15(12)17-14(11-20-13(2)18)8-6-10-16(17)19-3/h4-10H,11H2,1-3H3. The van der Waals surface area contributed by atoms with E-state index in [0.717, 1.165) is 28.0 Å². The third-order valence-electron chi connectivity index (χ3n) is 3.18. The van der Waals surface area contributed by atoms with Crippen molar-refractivity contribution in [3.05, 3.63) is 53.6 Å². The molecule has 0 radical (unpaired) electrons. The molecular weight excluding hydrogens is 252 g/mol. The first-order valence-corrected chi connectivity index (χ1v) is 6.48. The van der Waals surface area contributed by atoms with Crippen molar-refractivity contribution >= 4 is 5.97 Å². The van der Waals surface area contributed by atoms with Crippen LogP contribution in [0.3, 0.4) is 0 Å². The van der Waals surface area contributed by atoms with Gasteiger partial charge in [0.2, 0.25) is 0 Å². The Labute approximate surface area is 119 Å². The number of hydrogen-bond acceptors (Lipinski definition) is 3. The van der Waals surface area contributed by atoms with Crippen molar-refractivity contribution in [2.45, 2.75) is 20.5 Å². The van der Waals surface area contributed by atoms with Crippen LogP contribution >= 0.6 is 0 Å². The van der Waals surface area contributed by atoms with Crippen molar-refractivity contribution in [2.75, 3.05) is 7.11 Å². The molecule has 0 N–H and O–H groups in total. The molecule has 3 nitrogen and oxygen atoms in total. The second kappa shape index (κ2) is 6.24. The van der Waals surface area contributed by atoms with Gasteiger partial charge >= 0.3 is 5.97 Å². The maximum Gasteiger partial charge on any atom is 0.302 e. The highest BCUT2D eigenvalue weighted by Crippen LogP contribution is 2.35. The van der Waals surface area contributed by atoms with Crippen LogP contribution in [-0.2, 0) is 16.1 Å². The lowest BCUT2D eigenvalue weighted by Crippen LogP contribution is -2.02. The first kappa shape index (κ1) is 14.1. The van der Waals surface area contributed by atoms with Gasteiger partial charge in [-0.05, 0) is 24.1 Å². The molecule has 0 aliphatic carbocycles. The molecule has 0 aliphatic rings. The normalized spacial score (nSPS) is 10.2. The SMILES string of the molecule is COc1cccc(COC(C)=O)c1-c1ccccc1C. The minimum atomic E-state index is -0.288. The lowest BCUT2D eigenvalue weighted by molar-refractivity contribution is -0.142. The van der Waals surface area contributed by atoms with Gasteiger partial charge in [-0.3, -0.25) is 4.79 Å². The maximum absolute atomic E-state index is 11.0. The molecule has 3 heteroatoms. The number of aryl methyl sites for hydroxylation is 1. The zero-order chi connectivity index (χ0) is 14.5. The molecule has 104 valence electrons. The van der Waals surface area contributed by atoms with Gasteiger partial charge in [0.15, 0.2) is 0 Å². The monoisotopic (exact) mass is 270 g/mol. The Bertz CT molecular complexity index is 617. The fourth-order valence-electron chi connectivity index (χ4n) is 2.21. The van der Waals surface area contributed by atoms with E-state index >= 15 is 0 Å². The average Bonchev–Trinajstić information content (AvgIpc) is 2.45. The number of hydrogen-bond donors (Lipinski definition) is 0. The smallest absolute Gasteiger partial charge is 0.302 e. The van der Waals surface area contributed by atoms with Crippen LogP contribution in [-0.4, -0.2) is 13.1 Å². The summed E-state index contributed by atoms with van der Waals surface area (Å²) < 4.78 is 10.6. The number of carbonyl (C=O) groups is 1. The molecule has 0 aromatic heterocycles. The number of methoxy groups -OCH3 is 1. The van der Waals surface area contributed by atoms with Crippen molar-refractivity contribution in [2.24, 2.45) is 0 Å². The largest absolute Gasteiger partial charge is 0.496 e. The number of ether oxygens (including phenoxy) is 2. The van der Waals surface area contributed by atoms with E-state index in [4.69, 9.17) is 9.47 Å². The summed E-state index contributed by atoms with van der Waals surface area (Å²) in [5.74, 6) is 0.493. The van der Waals surface area contributed by atoms with Crippen molar-refractivity contribution < 1.29 is 14.3 Å². The van der Waals surface area contributed by atoms with Gasteiger partial charge in [-0.1, -0.05) is 36.4 Å². The fraction of sp³-hybridized carbons (Fsp3) is 0.235. The minimum absolute atomic E-state index is 0.246. The number of rotatable bonds is 4. The van der Waals surface area contributed by atoms with Crippen LogP contribution in [0.1, 0.15) is 18.1 Å². The zero-order valence-electron chi connectivity index (χ0n) is 12.0. The summed E-state index contributed by atoms with van der Waals surface area (Å²) in [4.78, 5) is 11.0. The molecule has 0 aliphatic heterocycles. The topological polar surface area (TPSA) is 35.5 Å². The Morgan fingerprint density at radius 3 is 2.50 bits per heavy atom. The van der Waals surface area contributed by atoms with Crippen molar-refractivity contribution in [1.82, 2.24) is 0 Å². The number of esters is 1. The van der Waals surface area contributed by atoms with Gasteiger partial charge in [0, 0.05) is 18.1 Å². The Balaban J connectivity index is 2.53. The summed E-state index contributed by atoms with van der Waals surface area (Å²) in [6, 6.07) is 13.9. The second-order valence-electron chi connectivity index (χ2n) is 4.59. The first-order chi connectivity index (χ1) is 9.63. The molecule has 20 heavy (non-hydrogen) atoms. The highest BCUT2D eigenvalue weighted by atomic mass is 16.5. The van der Waals surface area contributed by atoms with Crippen LogP contribution in [0.5, 0.6) is 5.75 Å². The van der Waals surface area contributed by atoms with E-state index in [1.165, 1.54) is 6.92 Å². The first-order valence-electron chi connectivity index (χ1n) is 6.48. The summed E-state index contributed by atoms with van der Waals surface area (Å²) in [6.07, 6.45) is 0. The molecule has 0 bridgehead atoms. The van der Waals surface area contributed by atoms with Gasteiger partial charge in [0.05, 0.1) is 7.11 Å². The predicted octanol–water partition coefficient (Wildman–Crippen LogP) is 3.73. The molecule has 0 atom stereocenters. The molecule has 0 unspecified atom stereocenters. The Morgan fingerprint density at radius 1 is 1.10 bits per heavy atom. The molecule has 0 spiro atoms. The van der Waals surface area contributed by atoms with Crippen LogP contribution in [0, 0.1) is 6.92 Å². The molecule has 0 amide bonds. The summed E-state index contributed by atoms with van der Waals surface area (Å²) in [7, 11) is 1.65. The Hall–Kier alpha value is -2.29. The van der Waals surface area contributed by atoms with Gasteiger partial charge in [-0.25, -0.2) is 0 Å². The minimum Gasteiger partial charge on any atom is -0.496 e. The van der Waals surface area contributed by atoms with Gasteiger partial charge in [-0.15, -0.1) is 0 Å². The lowest BCUT2D eigenvalue weighted by Gasteiger charge is -2.15. The van der Waals surface area contributed by atoms with E-state index in [0.29, 0.717) is 0 Å². The van der Waals surface area contributed by atoms with E-state index in [1.54, 1.807) is 7.11 Å². The Kier molecular flexibility index (Phi) is 4.41. The van der Waals surface area contributed by atoms with Crippen LogP contribution in [0.15, 0.2) is 42.5 Å². The maximum atomic E-state index is 11.0. The van der Waals surface area contributed by atoms with Crippen molar-refractivity contribution in [3.8, 4) is 16.9 Å². The van der Waals surface area contributed by atoms with E-state index in [1.807, 2.05) is 36.4 Å². The molecule has 0 saturated heterocycles. The van der Waals surface area contributed by atoms with Crippen molar-refractivity contribution in [3.63, 3.8) is 0 Å². The molecular formula is C17H18O3. The van der Waals surface area contributed by atoms with E-state index in [9.17, 15) is 4.79 Å². The van der Waals surface area contributed by atoms with E-state index in [-0.39, 0.29) is 12.6 Å². The lowest BCUT2D eigenvalue weighted by atomic mass is 9.95. The van der Waals surface area contributed by atoms with E-state index < -0.39 is 0 Å². The molecule has 0 heterocycles. The predicted molar refractivity (Wildman–Crippen MR) is 78.6 cm³/mol. The highest BCUT2D eigenvalue weighted by molar-refractivity contribution is 5.76. The summed E-state index contributed by atoms with van der Waals surface area (Å²) in [5, 5.41) is 0. The van der Waals surface area contributed by atoms with E-state index in [2.05, 4.69) is 13.0 Å². The molecule has 2 rings (SSSR count). The van der Waals surface area contributed by atoms with Gasteiger partial charge in [-0.2, -0.15) is 0 Å². The van der Waals surface area contributed by atoms with Gasteiger partial charge < -0.3 is 9.47 Å². The summed E-state index contributed by atoms with van der Waals surface area (Å²) in [6.45, 7) is 3.71. The van der Waals surface area contributed by atoms with Crippen LogP contribution in [0.4, 0.5) is 0 Å². The van der Waals surface area contributed by atoms with Crippen LogP contribution in [0.2, 0.25) is 0 Å². The quantitative estimate of drug-likeness (QED) is 0.794. The fourth-order valence-corrected chi connectivity index (χ4v) is 2.21. The van der Waals surface area contributed by atoms with Crippen molar-refractivity contribution in [1.29, 1.82) is 0 Å². The third-order valence-corrected chi connectivity index (χ3v) is 3.18. The van der Waals surface area contributed by atoms with Crippen LogP contribution < -0.4 is 4.74 Å². The van der Waals surface area contributed by atoms with Gasteiger partial charge in [0.25, 0.3) is 0 Å². The van der Waals surface area contributed by atoms with Gasteiger partial charge in [0.1, 0.15) is 12.4 Å².